The van der Waals surface area contributed by atoms with Gasteiger partial charge in [-0.15, -0.1) is 0 Å². The second kappa shape index (κ2) is 5.48. The number of nitrogens with one attached hydrogen (secondary N) is 1. The molecule has 0 amide bonds. The van der Waals surface area contributed by atoms with Crippen molar-refractivity contribution >= 4 is 11.4 Å². The molecule has 4 N–H and O–H groups in total. The summed E-state index contributed by atoms with van der Waals surface area (Å²) in [7, 11) is 1.63. The first-order chi connectivity index (χ1) is 8.69. The number of hydrogen-bond donors (Lipinski definition) is 3. The van der Waals surface area contributed by atoms with E-state index in [1.54, 1.807) is 7.11 Å². The third-order valence-corrected chi connectivity index (χ3v) is 3.91. The zero-order valence-electron chi connectivity index (χ0n) is 10.9. The average molecular weight is 250 g/mol. The van der Waals surface area contributed by atoms with Gasteiger partial charge in [-0.05, 0) is 25.0 Å². The molecule has 100 valence electrons. The molecule has 0 aromatic heterocycles. The Balaban J connectivity index is 2.01. The number of nitrogen functional groups attached to an aromatic ring is 1. The second-order valence-corrected chi connectivity index (χ2v) is 5.17. The Morgan fingerprint density at radius 3 is 2.67 bits per heavy atom. The van der Waals surface area contributed by atoms with E-state index in [2.05, 4.69) is 5.32 Å². The molecule has 0 spiro atoms. The van der Waals surface area contributed by atoms with Crippen LogP contribution in [0.1, 0.15) is 25.7 Å². The highest BCUT2D eigenvalue weighted by Gasteiger charge is 2.32. The van der Waals surface area contributed by atoms with Crippen molar-refractivity contribution in [2.75, 3.05) is 31.3 Å². The number of benzene rings is 1. The van der Waals surface area contributed by atoms with Gasteiger partial charge >= 0.3 is 0 Å². The van der Waals surface area contributed by atoms with Gasteiger partial charge in [-0.2, -0.15) is 0 Å². The summed E-state index contributed by atoms with van der Waals surface area (Å²) in [6.45, 7) is 1.02. The number of hydrogen-bond acceptors (Lipinski definition) is 4. The van der Waals surface area contributed by atoms with Crippen LogP contribution in [0.3, 0.4) is 0 Å². The van der Waals surface area contributed by atoms with Crippen LogP contribution in [-0.4, -0.2) is 25.4 Å². The number of methoxy groups -OCH3 is 1. The van der Waals surface area contributed by atoms with Gasteiger partial charge in [0.15, 0.2) is 0 Å². The summed E-state index contributed by atoms with van der Waals surface area (Å²) >= 11 is 0. The summed E-state index contributed by atoms with van der Waals surface area (Å²) in [6.07, 6.45) is 4.60. The van der Waals surface area contributed by atoms with Crippen LogP contribution in [0.5, 0.6) is 5.75 Å². The van der Waals surface area contributed by atoms with E-state index in [9.17, 15) is 5.11 Å². The topological polar surface area (TPSA) is 67.5 Å². The maximum Gasteiger partial charge on any atom is 0.121 e. The minimum absolute atomic E-state index is 0.0341. The molecule has 0 atom stereocenters. The van der Waals surface area contributed by atoms with E-state index in [-0.39, 0.29) is 12.0 Å². The molecule has 1 saturated carbocycles. The van der Waals surface area contributed by atoms with Gasteiger partial charge in [0.2, 0.25) is 0 Å². The predicted molar refractivity (Wildman–Crippen MR) is 73.9 cm³/mol. The summed E-state index contributed by atoms with van der Waals surface area (Å²) in [5, 5.41) is 12.9. The fraction of sp³-hybridized carbons (Fsp3) is 0.571. The van der Waals surface area contributed by atoms with Gasteiger partial charge in [0.1, 0.15) is 5.75 Å². The van der Waals surface area contributed by atoms with Crippen molar-refractivity contribution in [3.05, 3.63) is 18.2 Å². The van der Waals surface area contributed by atoms with Crippen LogP contribution in [0.2, 0.25) is 0 Å². The Morgan fingerprint density at radius 1 is 1.39 bits per heavy atom. The first-order valence-corrected chi connectivity index (χ1v) is 6.47. The third kappa shape index (κ3) is 2.70. The number of aliphatic hydroxyl groups excluding tert-OH is 1. The van der Waals surface area contributed by atoms with Crippen LogP contribution >= 0.6 is 0 Å². The monoisotopic (exact) mass is 250 g/mol. The molecule has 18 heavy (non-hydrogen) atoms. The van der Waals surface area contributed by atoms with Crippen molar-refractivity contribution in [1.82, 2.24) is 0 Å². The number of aliphatic hydroxyl groups is 1. The van der Waals surface area contributed by atoms with Gasteiger partial charge in [-0.3, -0.25) is 0 Å². The maximum absolute atomic E-state index is 9.55. The maximum atomic E-state index is 9.55. The average Bonchev–Trinajstić information content (AvgIpc) is 2.86. The minimum atomic E-state index is 0.0341. The lowest BCUT2D eigenvalue weighted by Crippen LogP contribution is -2.30. The quantitative estimate of drug-likeness (QED) is 0.701. The van der Waals surface area contributed by atoms with Gasteiger partial charge in [0.05, 0.1) is 25.1 Å². The van der Waals surface area contributed by atoms with Gasteiger partial charge < -0.3 is 20.9 Å². The van der Waals surface area contributed by atoms with Gasteiger partial charge in [0, 0.05) is 18.0 Å². The standard InChI is InChI=1S/C14H22N2O2/c1-18-11-4-5-13(12(15)8-11)16-9-14(10-17)6-2-3-7-14/h4-5,8,16-17H,2-3,6-7,9-10,15H2,1H3. The molecule has 0 bridgehead atoms. The summed E-state index contributed by atoms with van der Waals surface area (Å²) in [5.74, 6) is 0.760. The van der Waals surface area contributed by atoms with Crippen LogP contribution in [0.25, 0.3) is 0 Å². The van der Waals surface area contributed by atoms with Gasteiger partial charge in [0.25, 0.3) is 0 Å². The number of ether oxygens (including phenoxy) is 1. The first kappa shape index (κ1) is 13.0. The molecule has 0 heterocycles. The van der Waals surface area contributed by atoms with Crippen LogP contribution in [0, 0.1) is 5.41 Å². The molecule has 1 aliphatic carbocycles. The number of anilines is 2. The molecule has 0 aliphatic heterocycles. The SMILES string of the molecule is COc1ccc(NCC2(CO)CCCC2)c(N)c1. The Labute approximate surface area is 108 Å². The molecule has 1 fully saturated rings. The van der Waals surface area contributed by atoms with E-state index in [4.69, 9.17) is 10.5 Å². The normalized spacial score (nSPS) is 17.7. The lowest BCUT2D eigenvalue weighted by Gasteiger charge is -2.27. The van der Waals surface area contributed by atoms with Crippen molar-refractivity contribution in [2.45, 2.75) is 25.7 Å². The fourth-order valence-corrected chi connectivity index (χ4v) is 2.63. The molecular weight excluding hydrogens is 228 g/mol. The molecule has 0 radical (unpaired) electrons. The van der Waals surface area contributed by atoms with Gasteiger partial charge in [-0.25, -0.2) is 0 Å². The molecule has 2 rings (SSSR count). The molecular formula is C14H22N2O2. The molecule has 4 heteroatoms. The lowest BCUT2D eigenvalue weighted by molar-refractivity contribution is 0.142. The molecule has 4 nitrogen and oxygen atoms in total. The van der Waals surface area contributed by atoms with E-state index >= 15 is 0 Å². The van der Waals surface area contributed by atoms with Crippen LogP contribution in [0.4, 0.5) is 11.4 Å². The molecule has 0 saturated heterocycles. The molecule has 0 unspecified atom stereocenters. The molecule has 1 aromatic rings. The zero-order valence-corrected chi connectivity index (χ0v) is 10.9. The predicted octanol–water partition coefficient (Wildman–Crippen LogP) is 2.24. The zero-order chi connectivity index (χ0) is 13.0. The largest absolute Gasteiger partial charge is 0.497 e. The smallest absolute Gasteiger partial charge is 0.121 e. The Hall–Kier alpha value is -1.42. The minimum Gasteiger partial charge on any atom is -0.497 e. The number of rotatable bonds is 5. The first-order valence-electron chi connectivity index (χ1n) is 6.47. The summed E-state index contributed by atoms with van der Waals surface area (Å²) < 4.78 is 5.12. The second-order valence-electron chi connectivity index (χ2n) is 5.17. The highest BCUT2D eigenvalue weighted by molar-refractivity contribution is 5.68. The van der Waals surface area contributed by atoms with Crippen molar-refractivity contribution < 1.29 is 9.84 Å². The van der Waals surface area contributed by atoms with E-state index < -0.39 is 0 Å². The van der Waals surface area contributed by atoms with Crippen molar-refractivity contribution in [1.29, 1.82) is 0 Å². The van der Waals surface area contributed by atoms with Crippen molar-refractivity contribution in [3.63, 3.8) is 0 Å². The third-order valence-electron chi connectivity index (χ3n) is 3.91. The summed E-state index contributed by atoms with van der Waals surface area (Å²) in [5.41, 5.74) is 7.59. The van der Waals surface area contributed by atoms with Crippen molar-refractivity contribution in [2.24, 2.45) is 5.41 Å². The van der Waals surface area contributed by atoms with Crippen molar-refractivity contribution in [3.8, 4) is 5.75 Å². The fourth-order valence-electron chi connectivity index (χ4n) is 2.63. The highest BCUT2D eigenvalue weighted by Crippen LogP contribution is 2.38. The summed E-state index contributed by atoms with van der Waals surface area (Å²) in [4.78, 5) is 0. The van der Waals surface area contributed by atoms with Gasteiger partial charge in [-0.1, -0.05) is 12.8 Å². The van der Waals surface area contributed by atoms with Crippen LogP contribution in [0.15, 0.2) is 18.2 Å². The molecule has 1 aromatic carbocycles. The van der Waals surface area contributed by atoms with Crippen LogP contribution < -0.4 is 15.8 Å². The Bertz CT molecular complexity index is 401. The van der Waals surface area contributed by atoms with Crippen LogP contribution in [-0.2, 0) is 0 Å². The van der Waals surface area contributed by atoms with E-state index in [0.717, 1.165) is 30.8 Å². The Kier molecular flexibility index (Phi) is 3.97. The molecule has 1 aliphatic rings. The highest BCUT2D eigenvalue weighted by atomic mass is 16.5. The van der Waals surface area contributed by atoms with E-state index in [1.807, 2.05) is 18.2 Å². The Morgan fingerprint density at radius 2 is 2.11 bits per heavy atom. The summed E-state index contributed by atoms with van der Waals surface area (Å²) in [6, 6.07) is 5.62. The van der Waals surface area contributed by atoms with E-state index in [0.29, 0.717) is 5.69 Å². The van der Waals surface area contributed by atoms with E-state index in [1.165, 1.54) is 12.8 Å². The number of nitrogens with two attached hydrogens (primary N) is 1. The lowest BCUT2D eigenvalue weighted by atomic mass is 9.87.